The molecule has 21 heavy (non-hydrogen) atoms. The molecule has 0 saturated carbocycles. The predicted octanol–water partition coefficient (Wildman–Crippen LogP) is 2.62. The number of aliphatic carboxylic acids is 1. The first kappa shape index (κ1) is 15.6. The minimum Gasteiger partial charge on any atom is -0.478 e. The highest BCUT2D eigenvalue weighted by Gasteiger charge is 2.18. The lowest BCUT2D eigenvalue weighted by atomic mass is 10.1. The van der Waals surface area contributed by atoms with E-state index in [9.17, 15) is 4.79 Å². The van der Waals surface area contributed by atoms with Gasteiger partial charge in [0.1, 0.15) is 0 Å². The van der Waals surface area contributed by atoms with Crippen LogP contribution in [0.5, 0.6) is 0 Å². The molecule has 0 spiro atoms. The molecule has 114 valence electrons. The third-order valence-electron chi connectivity index (χ3n) is 3.84. The summed E-state index contributed by atoms with van der Waals surface area (Å²) in [6.45, 7) is 9.54. The Bertz CT molecular complexity index is 518. The fraction of sp³-hybridized carbons (Fsp3) is 0.471. The van der Waals surface area contributed by atoms with Crippen molar-refractivity contribution in [3.63, 3.8) is 0 Å². The topological polar surface area (TPSA) is 43.8 Å². The quantitative estimate of drug-likeness (QED) is 0.846. The molecule has 0 aliphatic carbocycles. The van der Waals surface area contributed by atoms with Crippen molar-refractivity contribution in [2.45, 2.75) is 20.3 Å². The summed E-state index contributed by atoms with van der Waals surface area (Å²) in [6.07, 6.45) is 4.10. The summed E-state index contributed by atoms with van der Waals surface area (Å²) in [5.74, 6) is -0.907. The van der Waals surface area contributed by atoms with Crippen LogP contribution >= 0.6 is 0 Å². The summed E-state index contributed by atoms with van der Waals surface area (Å²) in [6, 6.07) is 6.24. The maximum Gasteiger partial charge on any atom is 0.328 e. The number of hydrogen-bond donors (Lipinski definition) is 1. The molecule has 1 aliphatic heterocycles. The van der Waals surface area contributed by atoms with Gasteiger partial charge < -0.3 is 10.0 Å². The van der Waals surface area contributed by atoms with E-state index in [1.54, 1.807) is 6.08 Å². The van der Waals surface area contributed by atoms with Gasteiger partial charge in [-0.25, -0.2) is 4.79 Å². The van der Waals surface area contributed by atoms with Gasteiger partial charge >= 0.3 is 5.97 Å². The highest BCUT2D eigenvalue weighted by atomic mass is 16.4. The lowest BCUT2D eigenvalue weighted by Gasteiger charge is -2.36. The first-order valence-corrected chi connectivity index (χ1v) is 7.59. The largest absolute Gasteiger partial charge is 0.478 e. The smallest absolute Gasteiger partial charge is 0.328 e. The summed E-state index contributed by atoms with van der Waals surface area (Å²) in [5.41, 5.74) is 3.27. The standard InChI is InChI=1S/C17H24N2O2/c1-3-8-18-9-11-19(12-10-18)16-6-4-14(2)13-15(16)5-7-17(20)21/h4-7,13H,3,8-12H2,1-2H3,(H,20,21)/b7-5+. The molecule has 1 aliphatic rings. The normalized spacial score (nSPS) is 16.6. The number of anilines is 1. The zero-order valence-electron chi connectivity index (χ0n) is 12.9. The molecular weight excluding hydrogens is 264 g/mol. The van der Waals surface area contributed by atoms with Gasteiger partial charge in [-0.1, -0.05) is 18.6 Å². The van der Waals surface area contributed by atoms with E-state index in [4.69, 9.17) is 5.11 Å². The van der Waals surface area contributed by atoms with Crippen molar-refractivity contribution in [3.8, 4) is 0 Å². The number of hydrogen-bond acceptors (Lipinski definition) is 3. The van der Waals surface area contributed by atoms with E-state index < -0.39 is 5.97 Å². The Labute approximate surface area is 126 Å². The van der Waals surface area contributed by atoms with Gasteiger partial charge in [0.2, 0.25) is 0 Å². The molecule has 1 saturated heterocycles. The lowest BCUT2D eigenvalue weighted by molar-refractivity contribution is -0.131. The Morgan fingerprint density at radius 1 is 1.29 bits per heavy atom. The summed E-state index contributed by atoms with van der Waals surface area (Å²) in [5, 5.41) is 8.83. The van der Waals surface area contributed by atoms with Crippen molar-refractivity contribution in [3.05, 3.63) is 35.4 Å². The number of aryl methyl sites for hydroxylation is 1. The Morgan fingerprint density at radius 2 is 2.00 bits per heavy atom. The van der Waals surface area contributed by atoms with E-state index in [0.29, 0.717) is 0 Å². The van der Waals surface area contributed by atoms with Crippen molar-refractivity contribution in [2.24, 2.45) is 0 Å². The number of rotatable bonds is 5. The molecule has 1 heterocycles. The third kappa shape index (κ3) is 4.33. The second kappa shape index (κ2) is 7.27. The lowest BCUT2D eigenvalue weighted by Crippen LogP contribution is -2.46. The minimum absolute atomic E-state index is 0.907. The van der Waals surface area contributed by atoms with Crippen LogP contribution in [-0.2, 0) is 4.79 Å². The van der Waals surface area contributed by atoms with Gasteiger partial charge in [-0.15, -0.1) is 0 Å². The Balaban J connectivity index is 2.14. The zero-order valence-corrected chi connectivity index (χ0v) is 12.9. The number of piperazine rings is 1. The molecule has 0 aromatic heterocycles. The Hall–Kier alpha value is -1.81. The Morgan fingerprint density at radius 3 is 2.62 bits per heavy atom. The van der Waals surface area contributed by atoms with Crippen molar-refractivity contribution >= 4 is 17.7 Å². The van der Waals surface area contributed by atoms with E-state index in [1.807, 2.05) is 13.0 Å². The summed E-state index contributed by atoms with van der Waals surface area (Å²) >= 11 is 0. The molecule has 2 rings (SSSR count). The van der Waals surface area contributed by atoms with E-state index in [2.05, 4.69) is 28.9 Å². The fourth-order valence-corrected chi connectivity index (χ4v) is 2.79. The summed E-state index contributed by atoms with van der Waals surface area (Å²) in [4.78, 5) is 15.6. The van der Waals surface area contributed by atoms with Crippen molar-refractivity contribution in [1.29, 1.82) is 0 Å². The fourth-order valence-electron chi connectivity index (χ4n) is 2.79. The number of benzene rings is 1. The molecular formula is C17H24N2O2. The molecule has 0 radical (unpaired) electrons. The van der Waals surface area contributed by atoms with Crippen LogP contribution in [0.15, 0.2) is 24.3 Å². The average Bonchev–Trinajstić information content (AvgIpc) is 2.46. The predicted molar refractivity (Wildman–Crippen MR) is 86.8 cm³/mol. The molecule has 1 aromatic carbocycles. The molecule has 0 unspecified atom stereocenters. The monoisotopic (exact) mass is 288 g/mol. The first-order chi connectivity index (χ1) is 10.1. The molecule has 4 nitrogen and oxygen atoms in total. The van der Waals surface area contributed by atoms with Crippen LogP contribution in [0.1, 0.15) is 24.5 Å². The number of carbonyl (C=O) groups is 1. The van der Waals surface area contributed by atoms with Crippen LogP contribution in [0.4, 0.5) is 5.69 Å². The van der Waals surface area contributed by atoms with Crippen molar-refractivity contribution in [1.82, 2.24) is 4.90 Å². The molecule has 1 aromatic rings. The molecule has 1 fully saturated rings. The molecule has 1 N–H and O–H groups in total. The van der Waals surface area contributed by atoms with Crippen LogP contribution in [-0.4, -0.2) is 48.7 Å². The first-order valence-electron chi connectivity index (χ1n) is 7.59. The highest BCUT2D eigenvalue weighted by Crippen LogP contribution is 2.24. The summed E-state index contributed by atoms with van der Waals surface area (Å²) in [7, 11) is 0. The van der Waals surface area contributed by atoms with Gasteiger partial charge in [0, 0.05) is 37.9 Å². The van der Waals surface area contributed by atoms with Gasteiger partial charge in [0.05, 0.1) is 0 Å². The molecule has 0 amide bonds. The van der Waals surface area contributed by atoms with Gasteiger partial charge in [-0.3, -0.25) is 4.90 Å². The van der Waals surface area contributed by atoms with E-state index in [1.165, 1.54) is 12.5 Å². The summed E-state index contributed by atoms with van der Waals surface area (Å²) < 4.78 is 0. The van der Waals surface area contributed by atoms with Crippen LogP contribution in [0, 0.1) is 6.92 Å². The second-order valence-electron chi connectivity index (χ2n) is 5.56. The molecule has 4 heteroatoms. The van der Waals surface area contributed by atoms with Crippen molar-refractivity contribution in [2.75, 3.05) is 37.6 Å². The molecule has 0 atom stereocenters. The average molecular weight is 288 g/mol. The van der Waals surface area contributed by atoms with E-state index in [-0.39, 0.29) is 0 Å². The number of nitrogens with zero attached hydrogens (tertiary/aromatic N) is 2. The van der Waals surface area contributed by atoms with Gasteiger partial charge in [0.25, 0.3) is 0 Å². The van der Waals surface area contributed by atoms with Crippen LogP contribution in [0.2, 0.25) is 0 Å². The van der Waals surface area contributed by atoms with Crippen LogP contribution in [0.25, 0.3) is 6.08 Å². The SMILES string of the molecule is CCCN1CCN(c2ccc(C)cc2/C=C/C(=O)O)CC1. The molecule has 0 bridgehead atoms. The van der Waals surface area contributed by atoms with Gasteiger partial charge in [-0.05, 0) is 43.7 Å². The maximum absolute atomic E-state index is 10.8. The number of carboxylic acids is 1. The minimum atomic E-state index is -0.907. The number of carboxylic acid groups (broad SMARTS) is 1. The second-order valence-corrected chi connectivity index (χ2v) is 5.56. The van der Waals surface area contributed by atoms with Crippen LogP contribution in [0.3, 0.4) is 0 Å². The van der Waals surface area contributed by atoms with E-state index in [0.717, 1.165) is 49.5 Å². The zero-order chi connectivity index (χ0) is 15.2. The van der Waals surface area contributed by atoms with Gasteiger partial charge in [-0.2, -0.15) is 0 Å². The Kier molecular flexibility index (Phi) is 5.39. The third-order valence-corrected chi connectivity index (χ3v) is 3.84. The van der Waals surface area contributed by atoms with Gasteiger partial charge in [0.15, 0.2) is 0 Å². The maximum atomic E-state index is 10.8. The highest BCUT2D eigenvalue weighted by molar-refractivity contribution is 5.87. The van der Waals surface area contributed by atoms with E-state index >= 15 is 0 Å². The van der Waals surface area contributed by atoms with Crippen molar-refractivity contribution < 1.29 is 9.90 Å². The van der Waals surface area contributed by atoms with Crippen LogP contribution < -0.4 is 4.90 Å².